The SMILES string of the molecule is CCC(NCCc1nc(C)cs1)c1ccc(F)cc1. The summed E-state index contributed by atoms with van der Waals surface area (Å²) in [5.41, 5.74) is 2.23. The third-order valence-corrected chi connectivity index (χ3v) is 4.10. The van der Waals surface area contributed by atoms with Crippen molar-refractivity contribution in [1.82, 2.24) is 10.3 Å². The number of nitrogens with zero attached hydrogens (tertiary/aromatic N) is 1. The van der Waals surface area contributed by atoms with Crippen LogP contribution in [-0.4, -0.2) is 11.5 Å². The van der Waals surface area contributed by atoms with Crippen LogP contribution in [0, 0.1) is 12.7 Å². The summed E-state index contributed by atoms with van der Waals surface area (Å²) in [6, 6.07) is 7.02. The van der Waals surface area contributed by atoms with Gasteiger partial charge in [0, 0.05) is 30.1 Å². The number of hydrogen-bond donors (Lipinski definition) is 1. The predicted octanol–water partition coefficient (Wildman–Crippen LogP) is 3.87. The lowest BCUT2D eigenvalue weighted by Crippen LogP contribution is -2.23. The predicted molar refractivity (Wildman–Crippen MR) is 78.0 cm³/mol. The lowest BCUT2D eigenvalue weighted by atomic mass is 10.0. The van der Waals surface area contributed by atoms with E-state index in [2.05, 4.69) is 22.6 Å². The smallest absolute Gasteiger partial charge is 0.123 e. The molecule has 1 atom stereocenters. The molecular weight excluding hydrogens is 259 g/mol. The topological polar surface area (TPSA) is 24.9 Å². The van der Waals surface area contributed by atoms with Gasteiger partial charge >= 0.3 is 0 Å². The van der Waals surface area contributed by atoms with Crippen LogP contribution in [0.25, 0.3) is 0 Å². The summed E-state index contributed by atoms with van der Waals surface area (Å²) in [4.78, 5) is 4.45. The molecule has 0 saturated heterocycles. The molecule has 2 aromatic rings. The van der Waals surface area contributed by atoms with E-state index in [0.717, 1.165) is 30.6 Å². The number of halogens is 1. The summed E-state index contributed by atoms with van der Waals surface area (Å²) < 4.78 is 12.9. The minimum absolute atomic E-state index is 0.183. The Morgan fingerprint density at radius 3 is 2.63 bits per heavy atom. The quantitative estimate of drug-likeness (QED) is 0.867. The molecule has 0 amide bonds. The normalized spacial score (nSPS) is 12.6. The Morgan fingerprint density at radius 2 is 2.05 bits per heavy atom. The molecule has 0 radical (unpaired) electrons. The fraction of sp³-hybridized carbons (Fsp3) is 0.400. The Bertz CT molecular complexity index is 507. The van der Waals surface area contributed by atoms with Crippen molar-refractivity contribution in [2.24, 2.45) is 0 Å². The molecule has 1 aromatic carbocycles. The highest BCUT2D eigenvalue weighted by Gasteiger charge is 2.08. The molecule has 19 heavy (non-hydrogen) atoms. The van der Waals surface area contributed by atoms with E-state index in [1.807, 2.05) is 19.1 Å². The van der Waals surface area contributed by atoms with Crippen molar-refractivity contribution in [2.75, 3.05) is 6.54 Å². The second kappa shape index (κ2) is 6.78. The van der Waals surface area contributed by atoms with E-state index in [-0.39, 0.29) is 11.9 Å². The number of rotatable bonds is 6. The molecule has 0 saturated carbocycles. The monoisotopic (exact) mass is 278 g/mol. The summed E-state index contributed by atoms with van der Waals surface area (Å²) in [5, 5.41) is 6.75. The Labute approximate surface area is 117 Å². The number of thiazole rings is 1. The van der Waals surface area contributed by atoms with Gasteiger partial charge in [0.15, 0.2) is 0 Å². The third-order valence-electron chi connectivity index (χ3n) is 3.08. The highest BCUT2D eigenvalue weighted by Crippen LogP contribution is 2.17. The maximum absolute atomic E-state index is 12.9. The zero-order chi connectivity index (χ0) is 13.7. The third kappa shape index (κ3) is 4.11. The molecular formula is C15H19FN2S. The van der Waals surface area contributed by atoms with Crippen LogP contribution in [0.3, 0.4) is 0 Å². The Balaban J connectivity index is 1.87. The molecule has 1 N–H and O–H groups in total. The van der Waals surface area contributed by atoms with E-state index in [0.29, 0.717) is 0 Å². The van der Waals surface area contributed by atoms with Gasteiger partial charge in [-0.25, -0.2) is 9.37 Å². The van der Waals surface area contributed by atoms with Gasteiger partial charge in [-0.15, -0.1) is 11.3 Å². The minimum Gasteiger partial charge on any atom is -0.310 e. The van der Waals surface area contributed by atoms with E-state index in [1.165, 1.54) is 17.1 Å². The second-order valence-corrected chi connectivity index (χ2v) is 5.54. The fourth-order valence-corrected chi connectivity index (χ4v) is 2.84. The highest BCUT2D eigenvalue weighted by molar-refractivity contribution is 7.09. The molecule has 0 aliphatic rings. The first kappa shape index (κ1) is 14.2. The van der Waals surface area contributed by atoms with Crippen molar-refractivity contribution in [3.05, 3.63) is 51.7 Å². The first-order chi connectivity index (χ1) is 9.19. The zero-order valence-corrected chi connectivity index (χ0v) is 12.1. The van der Waals surface area contributed by atoms with Gasteiger partial charge in [-0.05, 0) is 31.0 Å². The van der Waals surface area contributed by atoms with Crippen molar-refractivity contribution in [1.29, 1.82) is 0 Å². The molecule has 0 spiro atoms. The van der Waals surface area contributed by atoms with Gasteiger partial charge in [-0.3, -0.25) is 0 Å². The van der Waals surface area contributed by atoms with Gasteiger partial charge in [-0.1, -0.05) is 19.1 Å². The van der Waals surface area contributed by atoms with Gasteiger partial charge in [-0.2, -0.15) is 0 Å². The van der Waals surface area contributed by atoms with Crippen molar-refractivity contribution in [3.8, 4) is 0 Å². The van der Waals surface area contributed by atoms with Gasteiger partial charge in [0.1, 0.15) is 5.82 Å². The second-order valence-electron chi connectivity index (χ2n) is 4.60. The van der Waals surface area contributed by atoms with Crippen molar-refractivity contribution < 1.29 is 4.39 Å². The molecule has 0 aliphatic carbocycles. The molecule has 0 aliphatic heterocycles. The summed E-state index contributed by atoms with van der Waals surface area (Å²) in [6.45, 7) is 5.04. The molecule has 0 bridgehead atoms. The van der Waals surface area contributed by atoms with E-state index in [9.17, 15) is 4.39 Å². The van der Waals surface area contributed by atoms with Crippen molar-refractivity contribution >= 4 is 11.3 Å². The van der Waals surface area contributed by atoms with Crippen LogP contribution in [0.4, 0.5) is 4.39 Å². The molecule has 1 heterocycles. The molecule has 1 unspecified atom stereocenters. The zero-order valence-electron chi connectivity index (χ0n) is 11.3. The van der Waals surface area contributed by atoms with Crippen LogP contribution in [0.5, 0.6) is 0 Å². The molecule has 2 rings (SSSR count). The van der Waals surface area contributed by atoms with Gasteiger partial charge in [0.2, 0.25) is 0 Å². The summed E-state index contributed by atoms with van der Waals surface area (Å²) >= 11 is 1.71. The lowest BCUT2D eigenvalue weighted by Gasteiger charge is -2.17. The van der Waals surface area contributed by atoms with Gasteiger partial charge in [0.25, 0.3) is 0 Å². The first-order valence-corrected chi connectivity index (χ1v) is 7.47. The van der Waals surface area contributed by atoms with E-state index in [4.69, 9.17) is 0 Å². The average Bonchev–Trinajstić information content (AvgIpc) is 2.82. The van der Waals surface area contributed by atoms with Gasteiger partial charge < -0.3 is 5.32 Å². The molecule has 102 valence electrons. The molecule has 1 aromatic heterocycles. The number of aryl methyl sites for hydroxylation is 1. The van der Waals surface area contributed by atoms with Gasteiger partial charge in [0.05, 0.1) is 5.01 Å². The summed E-state index contributed by atoms with van der Waals surface area (Å²) in [6.07, 6.45) is 1.93. The first-order valence-electron chi connectivity index (χ1n) is 6.59. The van der Waals surface area contributed by atoms with Crippen molar-refractivity contribution in [3.63, 3.8) is 0 Å². The summed E-state index contributed by atoms with van der Waals surface area (Å²) in [5.74, 6) is -0.183. The van der Waals surface area contributed by atoms with Crippen LogP contribution < -0.4 is 5.32 Å². The van der Waals surface area contributed by atoms with E-state index in [1.54, 1.807) is 11.3 Å². The van der Waals surface area contributed by atoms with Crippen molar-refractivity contribution in [2.45, 2.75) is 32.7 Å². The Kier molecular flexibility index (Phi) is 5.05. The number of hydrogen-bond acceptors (Lipinski definition) is 3. The van der Waals surface area contributed by atoms with E-state index >= 15 is 0 Å². The van der Waals surface area contributed by atoms with E-state index < -0.39 is 0 Å². The van der Waals surface area contributed by atoms with Crippen LogP contribution in [0.1, 0.15) is 35.7 Å². The molecule has 4 heteroatoms. The Morgan fingerprint density at radius 1 is 1.32 bits per heavy atom. The van der Waals surface area contributed by atoms with Crippen LogP contribution in [-0.2, 0) is 6.42 Å². The maximum atomic E-state index is 12.9. The van der Waals surface area contributed by atoms with Crippen LogP contribution >= 0.6 is 11.3 Å². The molecule has 0 fully saturated rings. The summed E-state index contributed by atoms with van der Waals surface area (Å²) in [7, 11) is 0. The number of aromatic nitrogens is 1. The largest absolute Gasteiger partial charge is 0.310 e. The minimum atomic E-state index is -0.183. The Hall–Kier alpha value is -1.26. The standard InChI is InChI=1S/C15H19FN2S/c1-3-14(12-4-6-13(16)7-5-12)17-9-8-15-18-11(2)10-19-15/h4-7,10,14,17H,3,8-9H2,1-2H3. The number of benzene rings is 1. The average molecular weight is 278 g/mol. The molecule has 2 nitrogen and oxygen atoms in total. The van der Waals surface area contributed by atoms with Crippen LogP contribution in [0.15, 0.2) is 29.6 Å². The van der Waals surface area contributed by atoms with Crippen LogP contribution in [0.2, 0.25) is 0 Å². The fourth-order valence-electron chi connectivity index (χ4n) is 2.06. The lowest BCUT2D eigenvalue weighted by molar-refractivity contribution is 0.520. The number of nitrogens with one attached hydrogen (secondary N) is 1. The highest BCUT2D eigenvalue weighted by atomic mass is 32.1. The maximum Gasteiger partial charge on any atom is 0.123 e.